The van der Waals surface area contributed by atoms with Gasteiger partial charge in [-0.15, -0.1) is 0 Å². The van der Waals surface area contributed by atoms with Crippen LogP contribution in [-0.4, -0.2) is 36.5 Å². The molecule has 7 nitrogen and oxygen atoms in total. The molecule has 0 unspecified atom stereocenters. The minimum Gasteiger partial charge on any atom is -0.508 e. The number of aromatic hydroxyl groups is 1. The molecule has 1 aliphatic heterocycles. The molecule has 4 rings (SSSR count). The lowest BCUT2D eigenvalue weighted by molar-refractivity contribution is -0.129. The van der Waals surface area contributed by atoms with E-state index in [0.717, 1.165) is 0 Å². The molecule has 0 saturated carbocycles. The van der Waals surface area contributed by atoms with Crippen molar-refractivity contribution in [3.8, 4) is 23.0 Å². The zero-order valence-electron chi connectivity index (χ0n) is 16.6. The number of nitrogens with one attached hydrogen (secondary N) is 1. The number of benzene rings is 2. The fourth-order valence-corrected chi connectivity index (χ4v) is 4.21. The molecule has 0 aromatic heterocycles. The molecule has 1 aliphatic carbocycles. The number of phenolic OH excluding ortho intramolecular Hbond substituents is 1. The zero-order valence-corrected chi connectivity index (χ0v) is 17.4. The van der Waals surface area contributed by atoms with E-state index in [9.17, 15) is 14.7 Å². The highest BCUT2D eigenvalue weighted by atomic mass is 35.5. The first kappa shape index (κ1) is 20.1. The van der Waals surface area contributed by atoms with Gasteiger partial charge < -0.3 is 24.6 Å². The smallest absolute Gasteiger partial charge is 0.236 e. The fraction of sp³-hybridized carbons (Fsp3) is 0.273. The van der Waals surface area contributed by atoms with Crippen LogP contribution in [0.25, 0.3) is 0 Å². The van der Waals surface area contributed by atoms with Gasteiger partial charge >= 0.3 is 0 Å². The molecule has 156 valence electrons. The number of allylic oxidation sites excluding steroid dienone is 1. The Morgan fingerprint density at radius 2 is 1.83 bits per heavy atom. The minimum atomic E-state index is -1.70. The third kappa shape index (κ3) is 2.89. The van der Waals surface area contributed by atoms with Crippen molar-refractivity contribution in [3.63, 3.8) is 0 Å². The van der Waals surface area contributed by atoms with E-state index in [1.807, 2.05) is 0 Å². The highest BCUT2D eigenvalue weighted by Gasteiger charge is 2.60. The number of fused-ring (bicyclic) bond motifs is 1. The minimum absolute atomic E-state index is 0.0985. The van der Waals surface area contributed by atoms with Gasteiger partial charge in [-0.2, -0.15) is 0 Å². The topological polar surface area (TPSA) is 94.1 Å². The quantitative estimate of drug-likeness (QED) is 0.560. The summed E-state index contributed by atoms with van der Waals surface area (Å²) < 4.78 is 16.6. The number of carbonyl (C=O) groups excluding carboxylic acids is 2. The Morgan fingerprint density at radius 3 is 2.43 bits per heavy atom. The molecule has 0 amide bonds. The van der Waals surface area contributed by atoms with Crippen LogP contribution in [0.4, 0.5) is 5.69 Å². The number of methoxy groups -OCH3 is 2. The lowest BCUT2D eigenvalue weighted by Gasteiger charge is -2.35. The number of hydrogen-bond donors (Lipinski definition) is 2. The van der Waals surface area contributed by atoms with Crippen LogP contribution < -0.4 is 19.5 Å². The molecule has 0 saturated heterocycles. The summed E-state index contributed by atoms with van der Waals surface area (Å²) in [6, 6.07) is 7.98. The molecule has 8 heteroatoms. The fourth-order valence-electron chi connectivity index (χ4n) is 3.95. The summed E-state index contributed by atoms with van der Waals surface area (Å²) >= 11 is 6.38. The van der Waals surface area contributed by atoms with Crippen molar-refractivity contribution in [3.05, 3.63) is 52.7 Å². The van der Waals surface area contributed by atoms with Gasteiger partial charge in [-0.25, -0.2) is 0 Å². The molecule has 2 N–H and O–H groups in total. The summed E-state index contributed by atoms with van der Waals surface area (Å²) in [5.41, 5.74) is -0.198. The average Bonchev–Trinajstić information content (AvgIpc) is 3.04. The van der Waals surface area contributed by atoms with Gasteiger partial charge in [0.2, 0.25) is 17.2 Å². The van der Waals surface area contributed by atoms with Crippen molar-refractivity contribution in [2.45, 2.75) is 18.9 Å². The Hall–Kier alpha value is -3.19. The van der Waals surface area contributed by atoms with Gasteiger partial charge in [0, 0.05) is 29.4 Å². The summed E-state index contributed by atoms with van der Waals surface area (Å²) in [4.78, 5) is 26.6. The highest BCUT2D eigenvalue weighted by Crippen LogP contribution is 2.53. The van der Waals surface area contributed by atoms with Crippen LogP contribution in [0.2, 0.25) is 5.02 Å². The molecule has 2 aliphatic rings. The number of carbonyl (C=O) groups is 2. The van der Waals surface area contributed by atoms with Crippen molar-refractivity contribution in [2.75, 3.05) is 19.5 Å². The maximum Gasteiger partial charge on any atom is 0.236 e. The summed E-state index contributed by atoms with van der Waals surface area (Å²) in [6.07, 6.45) is 1.78. The van der Waals surface area contributed by atoms with Gasteiger partial charge in [-0.3, -0.25) is 9.59 Å². The number of halogens is 1. The van der Waals surface area contributed by atoms with Crippen LogP contribution in [0.15, 0.2) is 42.1 Å². The highest BCUT2D eigenvalue weighted by molar-refractivity contribution is 6.36. The zero-order chi connectivity index (χ0) is 21.6. The van der Waals surface area contributed by atoms with E-state index >= 15 is 0 Å². The molecule has 30 heavy (non-hydrogen) atoms. The van der Waals surface area contributed by atoms with Crippen LogP contribution in [-0.2, 0) is 4.79 Å². The number of hydrogen-bond acceptors (Lipinski definition) is 7. The Morgan fingerprint density at radius 1 is 1.17 bits per heavy atom. The van der Waals surface area contributed by atoms with Gasteiger partial charge in [-0.1, -0.05) is 18.5 Å². The van der Waals surface area contributed by atoms with Crippen LogP contribution in [0.5, 0.6) is 23.0 Å². The lowest BCUT2D eigenvalue weighted by Crippen LogP contribution is -2.55. The SMILES string of the molecule is COc1cc(OC)c2c(c1Cl)O[C@@]1(C(=O)C=C(Nc3ccc(O)cc3)C[C@H]1C)C2=O. The second kappa shape index (κ2) is 7.25. The summed E-state index contributed by atoms with van der Waals surface area (Å²) in [7, 11) is 2.87. The Bertz CT molecular complexity index is 1080. The first-order valence-electron chi connectivity index (χ1n) is 9.31. The third-order valence-corrected chi connectivity index (χ3v) is 5.84. The van der Waals surface area contributed by atoms with E-state index in [1.54, 1.807) is 31.2 Å². The number of phenols is 1. The Kier molecular flexibility index (Phi) is 4.86. The number of anilines is 1. The van der Waals surface area contributed by atoms with E-state index in [2.05, 4.69) is 5.32 Å². The number of ether oxygens (including phenoxy) is 3. The van der Waals surface area contributed by atoms with E-state index in [-0.39, 0.29) is 27.8 Å². The maximum atomic E-state index is 13.4. The second-order valence-corrected chi connectivity index (χ2v) is 7.65. The monoisotopic (exact) mass is 429 g/mol. The van der Waals surface area contributed by atoms with Gasteiger partial charge in [0.1, 0.15) is 27.8 Å². The molecule has 1 spiro atoms. The van der Waals surface area contributed by atoms with Crippen molar-refractivity contribution in [1.82, 2.24) is 0 Å². The van der Waals surface area contributed by atoms with Crippen LogP contribution in [0.1, 0.15) is 23.7 Å². The molecule has 1 heterocycles. The second-order valence-electron chi connectivity index (χ2n) is 7.28. The largest absolute Gasteiger partial charge is 0.508 e. The van der Waals surface area contributed by atoms with Crippen molar-refractivity contribution in [1.29, 1.82) is 0 Å². The first-order chi connectivity index (χ1) is 14.3. The first-order valence-corrected chi connectivity index (χ1v) is 9.69. The van der Waals surface area contributed by atoms with Crippen molar-refractivity contribution in [2.24, 2.45) is 5.92 Å². The van der Waals surface area contributed by atoms with Crippen LogP contribution >= 0.6 is 11.6 Å². The normalized spacial score (nSPS) is 22.4. The summed E-state index contributed by atoms with van der Waals surface area (Å²) in [5.74, 6) is -0.645. The van der Waals surface area contributed by atoms with Gasteiger partial charge in [0.05, 0.1) is 14.2 Å². The molecule has 2 aromatic rings. The van der Waals surface area contributed by atoms with Gasteiger partial charge in [0.25, 0.3) is 0 Å². The maximum absolute atomic E-state index is 13.4. The van der Waals surface area contributed by atoms with Crippen LogP contribution in [0, 0.1) is 5.92 Å². The van der Waals surface area contributed by atoms with E-state index in [1.165, 1.54) is 26.4 Å². The molecule has 0 radical (unpaired) electrons. The standard InChI is InChI=1S/C22H20ClNO6/c1-11-8-13(24-12-4-6-14(25)7-5-12)9-17(26)22(11)21(27)18-15(28-2)10-16(29-3)19(23)20(18)30-22/h4-7,9-11,24-25H,8H2,1-3H3/t11-,22+/m1/s1. The Balaban J connectivity index is 1.72. The summed E-state index contributed by atoms with van der Waals surface area (Å²) in [5, 5.41) is 12.7. The third-order valence-electron chi connectivity index (χ3n) is 5.48. The lowest BCUT2D eigenvalue weighted by atomic mass is 9.74. The molecule has 0 fully saturated rings. The van der Waals surface area contributed by atoms with Gasteiger partial charge in [0.15, 0.2) is 5.75 Å². The van der Waals surface area contributed by atoms with Crippen molar-refractivity contribution >= 4 is 28.9 Å². The number of rotatable bonds is 4. The molecule has 2 atom stereocenters. The molecular weight excluding hydrogens is 410 g/mol. The van der Waals surface area contributed by atoms with Crippen molar-refractivity contribution < 1.29 is 28.9 Å². The van der Waals surface area contributed by atoms with E-state index in [0.29, 0.717) is 23.6 Å². The van der Waals surface area contributed by atoms with E-state index in [4.69, 9.17) is 25.8 Å². The van der Waals surface area contributed by atoms with Crippen LogP contribution in [0.3, 0.4) is 0 Å². The van der Waals surface area contributed by atoms with E-state index < -0.39 is 23.1 Å². The molecule has 2 aromatic carbocycles. The van der Waals surface area contributed by atoms with Gasteiger partial charge in [-0.05, 0) is 30.7 Å². The average molecular weight is 430 g/mol. The number of Topliss-reactive ketones (excluding diaryl/α,β-unsaturated/α-hetero) is 1. The number of ketones is 2. The Labute approximate surface area is 178 Å². The molecule has 0 bridgehead atoms. The predicted octanol–water partition coefficient (Wildman–Crippen LogP) is 3.98. The summed E-state index contributed by atoms with van der Waals surface area (Å²) in [6.45, 7) is 1.78. The predicted molar refractivity (Wildman–Crippen MR) is 111 cm³/mol. The molecular formula is C22H20ClNO6.